The molecule has 1 aliphatic heterocycles. The van der Waals surface area contributed by atoms with Crippen molar-refractivity contribution in [1.82, 2.24) is 13.9 Å². The molecule has 1 rings (SSSR count). The molecule has 0 aromatic rings. The Morgan fingerprint density at radius 2 is 1.76 bits per heavy atom. The normalized spacial score (nSPS) is 26.2. The molecule has 0 radical (unpaired) electrons. The number of ether oxygens (including phenoxy) is 1. The first-order chi connectivity index (χ1) is 9.57. The van der Waals surface area contributed by atoms with Crippen molar-refractivity contribution in [1.29, 1.82) is 0 Å². The molecule has 0 aromatic heterocycles. The Kier molecular flexibility index (Phi) is 6.41. The van der Waals surface area contributed by atoms with Crippen LogP contribution < -0.4 is 4.72 Å². The van der Waals surface area contributed by atoms with Crippen LogP contribution in [0.5, 0.6) is 0 Å². The van der Waals surface area contributed by atoms with Crippen LogP contribution in [0.2, 0.25) is 0 Å². The number of methoxy groups -OCH3 is 1. The van der Waals surface area contributed by atoms with Crippen LogP contribution in [0.25, 0.3) is 0 Å². The summed E-state index contributed by atoms with van der Waals surface area (Å²) in [5.74, 6) is 0. The highest BCUT2D eigenvalue weighted by molar-refractivity contribution is 7.87. The summed E-state index contributed by atoms with van der Waals surface area (Å²) < 4.78 is 67.9. The number of halogens is 3. The summed E-state index contributed by atoms with van der Waals surface area (Å²) in [7, 11) is -2.54. The lowest BCUT2D eigenvalue weighted by molar-refractivity contribution is -0.121. The summed E-state index contributed by atoms with van der Waals surface area (Å²) in [6.45, 7) is 3.62. The lowest BCUT2D eigenvalue weighted by Gasteiger charge is -2.43. The molecule has 1 heterocycles. The zero-order valence-electron chi connectivity index (χ0n) is 12.4. The van der Waals surface area contributed by atoms with E-state index in [1.807, 2.05) is 13.8 Å². The number of hydrogen-bond donors (Lipinski definition) is 1. The van der Waals surface area contributed by atoms with Gasteiger partial charge in [-0.3, -0.25) is 4.90 Å². The summed E-state index contributed by atoms with van der Waals surface area (Å²) in [6, 6.07) is -0.183. The molecule has 0 amide bonds. The van der Waals surface area contributed by atoms with Gasteiger partial charge in [0.25, 0.3) is 10.2 Å². The Morgan fingerprint density at radius 1 is 1.24 bits per heavy atom. The Labute approximate surface area is 123 Å². The molecule has 0 aliphatic carbocycles. The molecule has 1 N–H and O–H groups in total. The van der Waals surface area contributed by atoms with Gasteiger partial charge in [-0.25, -0.2) is 0 Å². The molecule has 1 saturated heterocycles. The van der Waals surface area contributed by atoms with Gasteiger partial charge in [0.15, 0.2) is 0 Å². The SMILES string of the molecule is COCCN1[C@H](C)CN(S(=O)(=O)NCC(F)(F)F)C[C@@H]1C. The Bertz CT molecular complexity index is 418. The van der Waals surface area contributed by atoms with E-state index < -0.39 is 22.9 Å². The average Bonchev–Trinajstić information content (AvgIpc) is 2.35. The molecule has 0 aromatic carbocycles. The zero-order valence-corrected chi connectivity index (χ0v) is 13.2. The van der Waals surface area contributed by atoms with Gasteiger partial charge in [0.05, 0.1) is 6.61 Å². The summed E-state index contributed by atoms with van der Waals surface area (Å²) >= 11 is 0. The smallest absolute Gasteiger partial charge is 0.383 e. The number of rotatable bonds is 6. The van der Waals surface area contributed by atoms with Crippen molar-refractivity contribution in [2.75, 3.05) is 39.9 Å². The molecular weight excluding hydrogens is 311 g/mol. The van der Waals surface area contributed by atoms with Crippen LogP contribution in [0.1, 0.15) is 13.8 Å². The molecular formula is C11H22F3N3O3S. The van der Waals surface area contributed by atoms with Crippen molar-refractivity contribution < 1.29 is 26.3 Å². The van der Waals surface area contributed by atoms with Crippen LogP contribution in [0.3, 0.4) is 0 Å². The van der Waals surface area contributed by atoms with Crippen molar-refractivity contribution in [3.63, 3.8) is 0 Å². The fourth-order valence-electron chi connectivity index (χ4n) is 2.41. The van der Waals surface area contributed by atoms with Crippen LogP contribution in [0.15, 0.2) is 0 Å². The molecule has 1 fully saturated rings. The van der Waals surface area contributed by atoms with Crippen molar-refractivity contribution >= 4 is 10.2 Å². The number of nitrogens with zero attached hydrogens (tertiary/aromatic N) is 2. The molecule has 126 valence electrons. The van der Waals surface area contributed by atoms with E-state index in [4.69, 9.17) is 4.74 Å². The standard InChI is InChI=1S/C11H22F3N3O3S/c1-9-6-16(7-10(2)17(9)4-5-20-3)21(18,19)15-8-11(12,13)14/h9-10,15H,4-8H2,1-3H3/t9-,10+. The third-order valence-corrected chi connectivity index (χ3v) is 4.90. The lowest BCUT2D eigenvalue weighted by atomic mass is 10.1. The van der Waals surface area contributed by atoms with Crippen LogP contribution in [-0.4, -0.2) is 75.8 Å². The third kappa shape index (κ3) is 5.70. The van der Waals surface area contributed by atoms with Gasteiger partial charge in [-0.05, 0) is 13.8 Å². The van der Waals surface area contributed by atoms with E-state index >= 15 is 0 Å². The summed E-state index contributed by atoms with van der Waals surface area (Å²) in [6.07, 6.45) is -4.56. The van der Waals surface area contributed by atoms with Gasteiger partial charge in [0.2, 0.25) is 0 Å². The second-order valence-corrected chi connectivity index (χ2v) is 6.94. The van der Waals surface area contributed by atoms with Gasteiger partial charge < -0.3 is 4.74 Å². The molecule has 0 bridgehead atoms. The van der Waals surface area contributed by atoms with Gasteiger partial charge in [0, 0.05) is 38.8 Å². The minimum atomic E-state index is -4.56. The van der Waals surface area contributed by atoms with Crippen LogP contribution in [-0.2, 0) is 14.9 Å². The second-order valence-electron chi connectivity index (χ2n) is 5.19. The first-order valence-corrected chi connectivity index (χ1v) is 8.07. The maximum absolute atomic E-state index is 12.1. The van der Waals surface area contributed by atoms with E-state index in [0.717, 1.165) is 4.31 Å². The van der Waals surface area contributed by atoms with Gasteiger partial charge >= 0.3 is 6.18 Å². The van der Waals surface area contributed by atoms with E-state index in [0.29, 0.717) is 13.2 Å². The molecule has 0 unspecified atom stereocenters. The number of hydrogen-bond acceptors (Lipinski definition) is 4. The van der Waals surface area contributed by atoms with E-state index in [-0.39, 0.29) is 25.2 Å². The summed E-state index contributed by atoms with van der Waals surface area (Å²) in [5.41, 5.74) is 0. The first kappa shape index (κ1) is 18.6. The highest BCUT2D eigenvalue weighted by Crippen LogP contribution is 2.19. The minimum Gasteiger partial charge on any atom is -0.383 e. The topological polar surface area (TPSA) is 61.9 Å². The van der Waals surface area contributed by atoms with E-state index in [1.54, 1.807) is 11.8 Å². The van der Waals surface area contributed by atoms with E-state index in [1.165, 1.54) is 0 Å². The highest BCUT2D eigenvalue weighted by atomic mass is 32.2. The van der Waals surface area contributed by atoms with Gasteiger partial charge in [-0.1, -0.05) is 0 Å². The minimum absolute atomic E-state index is 0.0913. The summed E-state index contributed by atoms with van der Waals surface area (Å²) in [4.78, 5) is 2.08. The fraction of sp³-hybridized carbons (Fsp3) is 1.00. The Morgan fingerprint density at radius 3 is 2.19 bits per heavy atom. The molecule has 21 heavy (non-hydrogen) atoms. The number of nitrogens with one attached hydrogen (secondary N) is 1. The maximum atomic E-state index is 12.1. The molecule has 6 nitrogen and oxygen atoms in total. The van der Waals surface area contributed by atoms with Gasteiger partial charge in [0.1, 0.15) is 6.54 Å². The number of alkyl halides is 3. The molecule has 10 heteroatoms. The van der Waals surface area contributed by atoms with Crippen LogP contribution in [0.4, 0.5) is 13.2 Å². The van der Waals surface area contributed by atoms with Crippen molar-refractivity contribution in [2.45, 2.75) is 32.1 Å². The number of piperazine rings is 1. The van der Waals surface area contributed by atoms with E-state index in [2.05, 4.69) is 4.90 Å². The van der Waals surface area contributed by atoms with Crippen LogP contribution >= 0.6 is 0 Å². The van der Waals surface area contributed by atoms with Crippen molar-refractivity contribution in [2.24, 2.45) is 0 Å². The zero-order chi connectivity index (χ0) is 16.3. The monoisotopic (exact) mass is 333 g/mol. The second kappa shape index (κ2) is 7.23. The third-order valence-electron chi connectivity index (χ3n) is 3.42. The molecule has 1 aliphatic rings. The fourth-order valence-corrected chi connectivity index (χ4v) is 3.76. The van der Waals surface area contributed by atoms with E-state index in [9.17, 15) is 21.6 Å². The van der Waals surface area contributed by atoms with Crippen molar-refractivity contribution in [3.8, 4) is 0 Å². The van der Waals surface area contributed by atoms with Crippen LogP contribution in [0, 0.1) is 0 Å². The Balaban J connectivity index is 2.66. The quantitative estimate of drug-likeness (QED) is 0.765. The lowest BCUT2D eigenvalue weighted by Crippen LogP contribution is -2.60. The predicted molar refractivity (Wildman–Crippen MR) is 72.1 cm³/mol. The van der Waals surface area contributed by atoms with Crippen molar-refractivity contribution in [3.05, 3.63) is 0 Å². The van der Waals surface area contributed by atoms with Gasteiger partial charge in [-0.15, -0.1) is 0 Å². The maximum Gasteiger partial charge on any atom is 0.402 e. The highest BCUT2D eigenvalue weighted by Gasteiger charge is 2.37. The first-order valence-electron chi connectivity index (χ1n) is 6.63. The van der Waals surface area contributed by atoms with Gasteiger partial charge in [-0.2, -0.15) is 30.6 Å². The Hall–Kier alpha value is -0.420. The average molecular weight is 333 g/mol. The molecule has 2 atom stereocenters. The molecule has 0 saturated carbocycles. The largest absolute Gasteiger partial charge is 0.402 e. The summed E-state index contributed by atoms with van der Waals surface area (Å²) in [5, 5.41) is 0. The predicted octanol–water partition coefficient (Wildman–Crippen LogP) is 0.424. The molecule has 0 spiro atoms.